The molecule has 5 rings (SSSR count). The number of alkyl halides is 2. The van der Waals surface area contributed by atoms with E-state index >= 15 is 0 Å². The predicted molar refractivity (Wildman–Crippen MR) is 132 cm³/mol. The Morgan fingerprint density at radius 1 is 1.08 bits per heavy atom. The van der Waals surface area contributed by atoms with Crippen molar-refractivity contribution in [3.05, 3.63) is 75.1 Å². The Bertz CT molecular complexity index is 1740. The molecule has 13 heteroatoms. The number of aromatic nitrogens is 4. The normalized spacial score (nSPS) is 13.7. The number of benzene rings is 2. The average Bonchev–Trinajstić information content (AvgIpc) is 3.71. The van der Waals surface area contributed by atoms with Gasteiger partial charge in [-0.15, -0.1) is 0 Å². The van der Waals surface area contributed by atoms with Gasteiger partial charge in [-0.25, -0.2) is 18.2 Å². The Labute approximate surface area is 213 Å². The number of halogens is 3. The van der Waals surface area contributed by atoms with Crippen molar-refractivity contribution in [1.29, 1.82) is 10.5 Å². The van der Waals surface area contributed by atoms with Gasteiger partial charge in [0, 0.05) is 5.56 Å². The fourth-order valence-electron chi connectivity index (χ4n) is 4.33. The van der Waals surface area contributed by atoms with Crippen molar-refractivity contribution >= 4 is 28.5 Å². The van der Waals surface area contributed by atoms with Crippen molar-refractivity contribution in [2.24, 2.45) is 5.92 Å². The second kappa shape index (κ2) is 9.37. The lowest BCUT2D eigenvalue weighted by Gasteiger charge is -2.24. The highest BCUT2D eigenvalue weighted by Crippen LogP contribution is 2.43. The maximum atomic E-state index is 14.5. The largest absolute Gasteiger partial charge is 0.382 e. The summed E-state index contributed by atoms with van der Waals surface area (Å²) >= 11 is 0. The van der Waals surface area contributed by atoms with E-state index < -0.39 is 29.4 Å². The zero-order valence-electron chi connectivity index (χ0n) is 19.5. The summed E-state index contributed by atoms with van der Waals surface area (Å²) < 4.78 is 42.6. The second-order valence-electron chi connectivity index (χ2n) is 8.73. The minimum Gasteiger partial charge on any atom is -0.382 e. The quantitative estimate of drug-likeness (QED) is 0.344. The molecule has 2 aromatic carbocycles. The van der Waals surface area contributed by atoms with Crippen LogP contribution in [0.5, 0.6) is 0 Å². The highest BCUT2D eigenvalue weighted by Gasteiger charge is 2.37. The van der Waals surface area contributed by atoms with Crippen LogP contribution in [0, 0.1) is 34.4 Å². The van der Waals surface area contributed by atoms with Gasteiger partial charge in [-0.3, -0.25) is 9.36 Å². The monoisotopic (exact) mass is 517 g/mol. The third-order valence-corrected chi connectivity index (χ3v) is 6.19. The summed E-state index contributed by atoms with van der Waals surface area (Å²) in [7, 11) is 0. The molecule has 0 amide bonds. The molecule has 0 aliphatic heterocycles. The number of rotatable bonds is 6. The maximum absolute atomic E-state index is 14.5. The van der Waals surface area contributed by atoms with Crippen molar-refractivity contribution < 1.29 is 13.2 Å². The molecule has 0 saturated heterocycles. The van der Waals surface area contributed by atoms with E-state index in [0.29, 0.717) is 18.9 Å². The number of hydrogen-bond donors (Lipinski definition) is 3. The number of hydrogen-bond acceptors (Lipinski definition) is 9. The van der Waals surface area contributed by atoms with E-state index in [1.807, 2.05) is 12.1 Å². The van der Waals surface area contributed by atoms with Gasteiger partial charge in [-0.1, -0.05) is 6.07 Å². The number of anilines is 3. The molecule has 1 unspecified atom stereocenters. The Kier molecular flexibility index (Phi) is 6.04. The first kappa shape index (κ1) is 24.5. The van der Waals surface area contributed by atoms with Crippen molar-refractivity contribution in [3.8, 4) is 17.8 Å². The fourth-order valence-corrected chi connectivity index (χ4v) is 4.33. The van der Waals surface area contributed by atoms with E-state index in [9.17, 15) is 28.5 Å². The first-order valence-corrected chi connectivity index (χ1v) is 11.4. The van der Waals surface area contributed by atoms with E-state index in [-0.39, 0.29) is 57.0 Å². The number of nitrogens with two attached hydrogens (primary N) is 2. The smallest absolute Gasteiger partial charge is 0.267 e. The van der Waals surface area contributed by atoms with Gasteiger partial charge in [0.25, 0.3) is 12.0 Å². The topological polar surface area (TPSA) is 172 Å². The van der Waals surface area contributed by atoms with Gasteiger partial charge in [0.1, 0.15) is 35.2 Å². The van der Waals surface area contributed by atoms with Crippen molar-refractivity contribution in [2.45, 2.75) is 25.3 Å². The zero-order valence-corrected chi connectivity index (χ0v) is 19.5. The van der Waals surface area contributed by atoms with E-state index in [4.69, 9.17) is 11.5 Å². The average molecular weight is 517 g/mol. The van der Waals surface area contributed by atoms with Crippen LogP contribution in [0.15, 0.2) is 41.2 Å². The van der Waals surface area contributed by atoms with Crippen molar-refractivity contribution in [1.82, 2.24) is 19.5 Å². The molecule has 5 N–H and O–H groups in total. The van der Waals surface area contributed by atoms with Gasteiger partial charge in [-0.2, -0.15) is 20.5 Å². The molecule has 190 valence electrons. The summed E-state index contributed by atoms with van der Waals surface area (Å²) in [5.74, 6) is -1.42. The van der Waals surface area contributed by atoms with Crippen molar-refractivity contribution in [2.75, 3.05) is 16.8 Å². The number of nitrogen functional groups attached to an aromatic ring is 2. The van der Waals surface area contributed by atoms with Crippen LogP contribution in [0.4, 0.5) is 30.8 Å². The van der Waals surface area contributed by atoms with Crippen LogP contribution in [0.2, 0.25) is 0 Å². The van der Waals surface area contributed by atoms with Crippen LogP contribution in [0.1, 0.15) is 47.8 Å². The van der Waals surface area contributed by atoms with Gasteiger partial charge in [0.05, 0.1) is 28.2 Å². The van der Waals surface area contributed by atoms with E-state index in [1.54, 1.807) is 6.07 Å². The SMILES string of the molecule is N#Cc1c(N)nc(N)nc1NC(c1nc2cccc(C#N)c2c(=O)n1-c1cc(F)cc(C(F)F)c1)C1CC1. The molecular formula is C25H18F3N9O. The molecular weight excluding hydrogens is 499 g/mol. The third kappa shape index (κ3) is 4.30. The van der Waals surface area contributed by atoms with Crippen LogP contribution >= 0.6 is 0 Å². The fraction of sp³-hybridized carbons (Fsp3) is 0.200. The van der Waals surface area contributed by atoms with E-state index in [1.165, 1.54) is 12.1 Å². The lowest BCUT2D eigenvalue weighted by Crippen LogP contribution is -2.30. The van der Waals surface area contributed by atoms with Crippen molar-refractivity contribution in [3.63, 3.8) is 0 Å². The maximum Gasteiger partial charge on any atom is 0.267 e. The molecule has 1 aliphatic rings. The molecule has 4 aromatic rings. The van der Waals surface area contributed by atoms with Crippen LogP contribution in [0.25, 0.3) is 16.6 Å². The lowest BCUT2D eigenvalue weighted by atomic mass is 10.1. The van der Waals surface area contributed by atoms with Gasteiger partial charge in [0.2, 0.25) is 5.95 Å². The lowest BCUT2D eigenvalue weighted by molar-refractivity contribution is 0.151. The first-order valence-electron chi connectivity index (χ1n) is 11.4. The Morgan fingerprint density at radius 2 is 1.84 bits per heavy atom. The first-order chi connectivity index (χ1) is 18.2. The molecule has 38 heavy (non-hydrogen) atoms. The standard InChI is InChI=1S/C25H18F3N9O/c26-14-6-13(20(27)28)7-15(8-14)37-23(33-17-3-1-2-12(9-29)18(17)24(37)38)19(11-4-5-11)34-22-16(10-30)21(31)35-25(32)36-22/h1-3,6-8,11,19-20H,4-5H2,(H5,31,32,34,35,36). The van der Waals surface area contributed by atoms with E-state index in [0.717, 1.165) is 16.7 Å². The van der Waals surface area contributed by atoms with Crippen LogP contribution in [0.3, 0.4) is 0 Å². The molecule has 2 heterocycles. The third-order valence-electron chi connectivity index (χ3n) is 6.19. The molecule has 1 aliphatic carbocycles. The number of fused-ring (bicyclic) bond motifs is 1. The highest BCUT2D eigenvalue weighted by molar-refractivity contribution is 5.84. The molecule has 1 fully saturated rings. The second-order valence-corrected chi connectivity index (χ2v) is 8.73. The summed E-state index contributed by atoms with van der Waals surface area (Å²) in [6.45, 7) is 0. The molecule has 0 radical (unpaired) electrons. The van der Waals surface area contributed by atoms with Crippen LogP contribution in [-0.4, -0.2) is 19.5 Å². The Hall–Kier alpha value is -5.17. The minimum absolute atomic E-state index is 0.00594. The molecule has 1 saturated carbocycles. The summed E-state index contributed by atoms with van der Waals surface area (Å²) in [4.78, 5) is 26.4. The van der Waals surface area contributed by atoms with Crippen LogP contribution in [-0.2, 0) is 0 Å². The molecule has 0 bridgehead atoms. The molecule has 1 atom stereocenters. The molecule has 2 aromatic heterocycles. The summed E-state index contributed by atoms with van der Waals surface area (Å²) in [6, 6.07) is 10.2. The number of nitrogens with one attached hydrogen (secondary N) is 1. The van der Waals surface area contributed by atoms with Gasteiger partial charge in [-0.05, 0) is 49.1 Å². The molecule has 0 spiro atoms. The summed E-state index contributed by atoms with van der Waals surface area (Å²) in [5, 5.41) is 22.2. The van der Waals surface area contributed by atoms with Crippen LogP contribution < -0.4 is 22.3 Å². The van der Waals surface area contributed by atoms with E-state index in [2.05, 4.69) is 20.3 Å². The number of nitrogens with zero attached hydrogens (tertiary/aromatic N) is 6. The van der Waals surface area contributed by atoms with Gasteiger partial charge >= 0.3 is 0 Å². The Balaban J connectivity index is 1.82. The van der Waals surface area contributed by atoms with Gasteiger partial charge < -0.3 is 16.8 Å². The summed E-state index contributed by atoms with van der Waals surface area (Å²) in [6.07, 6.45) is -1.60. The minimum atomic E-state index is -3.01. The zero-order chi connectivity index (χ0) is 27.1. The highest BCUT2D eigenvalue weighted by atomic mass is 19.3. The van der Waals surface area contributed by atoms with Gasteiger partial charge in [0.15, 0.2) is 5.82 Å². The summed E-state index contributed by atoms with van der Waals surface area (Å²) in [5.41, 5.74) is 10.1. The molecule has 10 nitrogen and oxygen atoms in total. The predicted octanol–water partition coefficient (Wildman–Crippen LogP) is 3.72. The number of nitriles is 2. The Morgan fingerprint density at radius 3 is 2.50 bits per heavy atom.